The van der Waals surface area contributed by atoms with Crippen molar-refractivity contribution in [2.24, 2.45) is 4.99 Å². The molecular weight excluding hydrogens is 645 g/mol. The van der Waals surface area contributed by atoms with E-state index in [4.69, 9.17) is 4.74 Å². The molecule has 0 bridgehead atoms. The molecule has 0 saturated carbocycles. The molecule has 1 N–H and O–H groups in total. The molecule has 0 amide bonds. The average molecular weight is 668 g/mol. The molecule has 0 spiro atoms. The van der Waals surface area contributed by atoms with E-state index in [1.54, 1.807) is 36.6 Å². The molecule has 1 aromatic heterocycles. The van der Waals surface area contributed by atoms with Gasteiger partial charge in [-0.05, 0) is 72.3 Å². The van der Waals surface area contributed by atoms with Crippen LogP contribution in [0.2, 0.25) is 0 Å². The summed E-state index contributed by atoms with van der Waals surface area (Å²) < 4.78 is 8.74. The number of allylic oxidation sites excluding steroid dienone is 1. The highest BCUT2D eigenvalue weighted by Gasteiger charge is 2.33. The number of esters is 1. The van der Waals surface area contributed by atoms with E-state index in [0.717, 1.165) is 15.7 Å². The number of phenols is 1. The molecule has 0 saturated heterocycles. The summed E-state index contributed by atoms with van der Waals surface area (Å²) in [5.74, 6) is -0.400. The highest BCUT2D eigenvalue weighted by Crippen LogP contribution is 2.32. The Morgan fingerprint density at radius 3 is 2.63 bits per heavy atom. The normalized spacial score (nSPS) is 15.6. The van der Waals surface area contributed by atoms with Crippen LogP contribution >= 0.6 is 49.9 Å². The van der Waals surface area contributed by atoms with Gasteiger partial charge in [-0.15, -0.1) is 0 Å². The summed E-state index contributed by atoms with van der Waals surface area (Å²) in [6.45, 7) is 3.72. The highest BCUT2D eigenvalue weighted by molar-refractivity contribution is 14.1. The number of thiazole rings is 1. The van der Waals surface area contributed by atoms with Gasteiger partial charge in [0, 0.05) is 29.8 Å². The fourth-order valence-electron chi connectivity index (χ4n) is 3.90. The van der Waals surface area contributed by atoms with Crippen LogP contribution in [0, 0.1) is 3.57 Å². The molecule has 2 aromatic carbocycles. The Kier molecular flexibility index (Phi) is 7.53. The van der Waals surface area contributed by atoms with Gasteiger partial charge in [0.15, 0.2) is 4.80 Å². The summed E-state index contributed by atoms with van der Waals surface area (Å²) >= 11 is 6.70. The van der Waals surface area contributed by atoms with Gasteiger partial charge in [0.05, 0.1) is 32.0 Å². The Morgan fingerprint density at radius 1 is 1.31 bits per heavy atom. The Bertz CT molecular complexity index is 1520. The van der Waals surface area contributed by atoms with E-state index in [1.807, 2.05) is 65.9 Å². The van der Waals surface area contributed by atoms with Crippen LogP contribution in [0.25, 0.3) is 6.08 Å². The first-order valence-electron chi connectivity index (χ1n) is 10.8. The van der Waals surface area contributed by atoms with Crippen LogP contribution in [-0.4, -0.2) is 36.3 Å². The van der Waals surface area contributed by atoms with E-state index in [2.05, 4.69) is 20.9 Å². The molecule has 0 fully saturated rings. The number of aromatic nitrogens is 1. The second-order valence-corrected chi connectivity index (χ2v) is 11.2. The van der Waals surface area contributed by atoms with Crippen molar-refractivity contribution in [1.29, 1.82) is 0 Å². The molecule has 3 aromatic rings. The summed E-state index contributed by atoms with van der Waals surface area (Å²) in [5, 5.41) is 10.5. The van der Waals surface area contributed by atoms with Crippen LogP contribution in [-0.2, 0) is 9.53 Å². The third-order valence-corrected chi connectivity index (χ3v) is 7.85. The van der Waals surface area contributed by atoms with Gasteiger partial charge < -0.3 is 14.7 Å². The number of ether oxygens (including phenoxy) is 1. The standard InChI is InChI=1S/C25H23BrIN3O4S/c1-5-34-24(33)20-13(2)28-25-30(21(20)14-6-8-17(9-7-14)29(3)4)23(32)19(35-25)11-15-10-16(26)12-18(27)22(15)31/h6-12,21,31H,5H2,1-4H3. The number of hydrogen-bond donors (Lipinski definition) is 1. The van der Waals surface area contributed by atoms with Gasteiger partial charge in [-0.2, -0.15) is 0 Å². The summed E-state index contributed by atoms with van der Waals surface area (Å²) in [6.07, 6.45) is 1.65. The van der Waals surface area contributed by atoms with Crippen molar-refractivity contribution in [3.8, 4) is 5.75 Å². The van der Waals surface area contributed by atoms with Crippen LogP contribution < -0.4 is 19.8 Å². The van der Waals surface area contributed by atoms with Crippen molar-refractivity contribution < 1.29 is 14.6 Å². The Balaban J connectivity index is 1.96. The zero-order valence-corrected chi connectivity index (χ0v) is 24.1. The number of phenolic OH excluding ortho intramolecular Hbond substituents is 1. The predicted molar refractivity (Wildman–Crippen MR) is 150 cm³/mol. The fraction of sp³-hybridized carbons (Fsp3) is 0.240. The third-order valence-electron chi connectivity index (χ3n) is 5.59. The summed E-state index contributed by atoms with van der Waals surface area (Å²) in [5.41, 5.74) is 2.85. The molecule has 10 heteroatoms. The number of aromatic hydroxyl groups is 1. The Labute approximate surface area is 228 Å². The van der Waals surface area contributed by atoms with E-state index >= 15 is 0 Å². The molecule has 7 nitrogen and oxygen atoms in total. The molecule has 182 valence electrons. The highest BCUT2D eigenvalue weighted by atomic mass is 127. The van der Waals surface area contributed by atoms with E-state index in [9.17, 15) is 14.7 Å². The smallest absolute Gasteiger partial charge is 0.338 e. The van der Waals surface area contributed by atoms with Crippen molar-refractivity contribution in [2.45, 2.75) is 19.9 Å². The number of halogens is 2. The maximum absolute atomic E-state index is 13.7. The molecule has 0 aliphatic carbocycles. The molecule has 35 heavy (non-hydrogen) atoms. The first-order chi connectivity index (χ1) is 16.6. The zero-order valence-electron chi connectivity index (χ0n) is 19.5. The minimum Gasteiger partial charge on any atom is -0.506 e. The number of hydrogen-bond acceptors (Lipinski definition) is 7. The second-order valence-electron chi connectivity index (χ2n) is 8.11. The minimum atomic E-state index is -0.681. The van der Waals surface area contributed by atoms with Gasteiger partial charge >= 0.3 is 5.97 Å². The molecule has 1 atom stereocenters. The SMILES string of the molecule is CCOC(=O)C1=C(C)N=c2sc(=Cc3cc(Br)cc(I)c3O)c(=O)n2C1c1ccc(N(C)C)cc1. The van der Waals surface area contributed by atoms with Gasteiger partial charge in [0.1, 0.15) is 5.75 Å². The largest absolute Gasteiger partial charge is 0.506 e. The fourth-order valence-corrected chi connectivity index (χ4v) is 6.49. The van der Waals surface area contributed by atoms with Gasteiger partial charge in [-0.25, -0.2) is 9.79 Å². The van der Waals surface area contributed by atoms with Crippen molar-refractivity contribution in [2.75, 3.05) is 25.6 Å². The summed E-state index contributed by atoms with van der Waals surface area (Å²) in [6, 6.07) is 10.6. The Hall–Kier alpha value is -2.44. The first kappa shape index (κ1) is 25.6. The molecule has 2 heterocycles. The lowest BCUT2D eigenvalue weighted by Crippen LogP contribution is -2.39. The number of benzene rings is 2. The van der Waals surface area contributed by atoms with Crippen LogP contribution in [0.3, 0.4) is 0 Å². The van der Waals surface area contributed by atoms with Crippen molar-refractivity contribution in [1.82, 2.24) is 4.57 Å². The monoisotopic (exact) mass is 667 g/mol. The van der Waals surface area contributed by atoms with E-state index < -0.39 is 12.0 Å². The maximum atomic E-state index is 13.7. The van der Waals surface area contributed by atoms with Crippen molar-refractivity contribution in [3.63, 3.8) is 0 Å². The number of fused-ring (bicyclic) bond motifs is 1. The predicted octanol–water partition coefficient (Wildman–Crippen LogP) is 3.94. The van der Waals surface area contributed by atoms with Crippen LogP contribution in [0.1, 0.15) is 31.0 Å². The van der Waals surface area contributed by atoms with Crippen molar-refractivity contribution >= 4 is 67.6 Å². The maximum Gasteiger partial charge on any atom is 0.338 e. The van der Waals surface area contributed by atoms with E-state index in [1.165, 1.54) is 11.3 Å². The van der Waals surface area contributed by atoms with Gasteiger partial charge in [-0.3, -0.25) is 9.36 Å². The van der Waals surface area contributed by atoms with Crippen LogP contribution in [0.4, 0.5) is 5.69 Å². The number of carbonyl (C=O) groups excluding carboxylic acids is 1. The molecule has 1 aliphatic rings. The van der Waals surface area contributed by atoms with Crippen LogP contribution in [0.15, 0.2) is 61.9 Å². The second kappa shape index (κ2) is 10.3. The summed E-state index contributed by atoms with van der Waals surface area (Å²) in [4.78, 5) is 33.7. The number of nitrogens with zero attached hydrogens (tertiary/aromatic N) is 3. The molecular formula is C25H23BrIN3O4S. The van der Waals surface area contributed by atoms with E-state index in [-0.39, 0.29) is 17.9 Å². The summed E-state index contributed by atoms with van der Waals surface area (Å²) in [7, 11) is 3.90. The lowest BCUT2D eigenvalue weighted by Gasteiger charge is -2.25. The quantitative estimate of drug-likeness (QED) is 0.329. The van der Waals surface area contributed by atoms with E-state index in [0.29, 0.717) is 29.7 Å². The average Bonchev–Trinajstić information content (AvgIpc) is 3.10. The lowest BCUT2D eigenvalue weighted by atomic mass is 9.95. The van der Waals surface area contributed by atoms with Gasteiger partial charge in [0.25, 0.3) is 5.56 Å². The molecule has 0 radical (unpaired) electrons. The molecule has 4 rings (SSSR count). The zero-order chi connectivity index (χ0) is 25.4. The minimum absolute atomic E-state index is 0.0962. The Morgan fingerprint density at radius 2 is 2.00 bits per heavy atom. The van der Waals surface area contributed by atoms with Crippen LogP contribution in [0.5, 0.6) is 5.75 Å². The first-order valence-corrected chi connectivity index (χ1v) is 13.5. The number of carbonyl (C=O) groups is 1. The topological polar surface area (TPSA) is 84.1 Å². The van der Waals surface area contributed by atoms with Gasteiger partial charge in [-0.1, -0.05) is 39.4 Å². The number of rotatable bonds is 5. The molecule has 1 aliphatic heterocycles. The van der Waals surface area contributed by atoms with Gasteiger partial charge in [0.2, 0.25) is 0 Å². The number of anilines is 1. The molecule has 1 unspecified atom stereocenters. The van der Waals surface area contributed by atoms with Crippen molar-refractivity contribution in [3.05, 3.63) is 86.5 Å². The third kappa shape index (κ3) is 4.96. The lowest BCUT2D eigenvalue weighted by molar-refractivity contribution is -0.139.